The van der Waals surface area contributed by atoms with E-state index in [4.69, 9.17) is 0 Å². The second kappa shape index (κ2) is 6.50. The molecule has 2 amide bonds. The normalized spacial score (nSPS) is 14.2. The Kier molecular flexibility index (Phi) is 4.43. The van der Waals surface area contributed by atoms with Gasteiger partial charge >= 0.3 is 0 Å². The number of aryl methyl sites for hydroxylation is 1. The molecule has 2 aromatic rings. The van der Waals surface area contributed by atoms with Gasteiger partial charge in [-0.2, -0.15) is 0 Å². The molecule has 1 aromatic carbocycles. The highest BCUT2D eigenvalue weighted by atomic mass is 79.9. The lowest BCUT2D eigenvalue weighted by atomic mass is 10.1. The topological polar surface area (TPSA) is 62.3 Å². The third-order valence-corrected chi connectivity index (χ3v) is 4.23. The lowest BCUT2D eigenvalue weighted by molar-refractivity contribution is -0.117. The van der Waals surface area contributed by atoms with Crippen LogP contribution < -0.4 is 10.2 Å². The summed E-state index contributed by atoms with van der Waals surface area (Å²) in [7, 11) is 0. The number of nitrogens with zero attached hydrogens (tertiary/aromatic N) is 2. The van der Waals surface area contributed by atoms with Crippen LogP contribution in [0.15, 0.2) is 41.1 Å². The molecule has 3 rings (SSSR count). The Labute approximate surface area is 142 Å². The summed E-state index contributed by atoms with van der Waals surface area (Å²) in [5.41, 5.74) is 3.01. The first-order valence-corrected chi connectivity index (χ1v) is 8.17. The van der Waals surface area contributed by atoms with Gasteiger partial charge in [-0.05, 0) is 53.0 Å². The molecular formula is C17H16BrN3O2. The molecule has 6 heteroatoms. The Morgan fingerprint density at radius 1 is 1.30 bits per heavy atom. The van der Waals surface area contributed by atoms with Gasteiger partial charge in [0.2, 0.25) is 5.91 Å². The molecule has 0 radical (unpaired) electrons. The summed E-state index contributed by atoms with van der Waals surface area (Å²) in [6, 6.07) is 7.31. The second-order valence-corrected chi connectivity index (χ2v) is 6.41. The van der Waals surface area contributed by atoms with Crippen molar-refractivity contribution >= 4 is 39.1 Å². The maximum absolute atomic E-state index is 12.3. The molecule has 1 N–H and O–H groups in total. The molecule has 1 saturated heterocycles. The van der Waals surface area contributed by atoms with Gasteiger partial charge in [0.1, 0.15) is 0 Å². The number of carbonyl (C=O) groups excluding carboxylic acids is 2. The molecule has 0 bridgehead atoms. The SMILES string of the molecule is Cc1ccc(NC(=O)c2cncc(Br)c2)cc1N1CCCC1=O. The van der Waals surface area contributed by atoms with Crippen molar-refractivity contribution in [1.29, 1.82) is 0 Å². The van der Waals surface area contributed by atoms with Crippen LogP contribution in [0.25, 0.3) is 0 Å². The number of hydrogen-bond acceptors (Lipinski definition) is 3. The third-order valence-electron chi connectivity index (χ3n) is 3.80. The highest BCUT2D eigenvalue weighted by Gasteiger charge is 2.23. The van der Waals surface area contributed by atoms with Crippen molar-refractivity contribution in [2.24, 2.45) is 0 Å². The molecule has 23 heavy (non-hydrogen) atoms. The fraction of sp³-hybridized carbons (Fsp3) is 0.235. The molecule has 1 fully saturated rings. The van der Waals surface area contributed by atoms with Gasteiger partial charge in [0, 0.05) is 41.2 Å². The summed E-state index contributed by atoms with van der Waals surface area (Å²) in [5.74, 6) is -0.103. The van der Waals surface area contributed by atoms with Crippen LogP contribution in [0.4, 0.5) is 11.4 Å². The number of carbonyl (C=O) groups is 2. The van der Waals surface area contributed by atoms with Crippen LogP contribution in [0, 0.1) is 6.92 Å². The number of hydrogen-bond donors (Lipinski definition) is 1. The molecule has 5 nitrogen and oxygen atoms in total. The van der Waals surface area contributed by atoms with E-state index in [1.807, 2.05) is 25.1 Å². The maximum atomic E-state index is 12.3. The Bertz CT molecular complexity index is 776. The van der Waals surface area contributed by atoms with Gasteiger partial charge in [-0.25, -0.2) is 0 Å². The summed E-state index contributed by atoms with van der Waals surface area (Å²) in [4.78, 5) is 30.0. The van der Waals surface area contributed by atoms with Crippen molar-refractivity contribution in [3.63, 3.8) is 0 Å². The number of benzene rings is 1. The van der Waals surface area contributed by atoms with E-state index in [0.29, 0.717) is 17.7 Å². The van der Waals surface area contributed by atoms with Gasteiger partial charge in [-0.15, -0.1) is 0 Å². The molecular weight excluding hydrogens is 358 g/mol. The van der Waals surface area contributed by atoms with Crippen molar-refractivity contribution in [1.82, 2.24) is 4.98 Å². The van der Waals surface area contributed by atoms with Crippen molar-refractivity contribution < 1.29 is 9.59 Å². The third kappa shape index (κ3) is 3.42. The summed E-state index contributed by atoms with van der Waals surface area (Å²) in [6.45, 7) is 2.69. The molecule has 1 aliphatic heterocycles. The van der Waals surface area contributed by atoms with Gasteiger partial charge in [0.25, 0.3) is 5.91 Å². The van der Waals surface area contributed by atoms with Crippen LogP contribution in [0.2, 0.25) is 0 Å². The summed E-state index contributed by atoms with van der Waals surface area (Å²) in [6.07, 6.45) is 4.59. The lowest BCUT2D eigenvalue weighted by Gasteiger charge is -2.19. The molecule has 118 valence electrons. The minimum Gasteiger partial charge on any atom is -0.322 e. The lowest BCUT2D eigenvalue weighted by Crippen LogP contribution is -2.24. The van der Waals surface area contributed by atoms with E-state index in [0.717, 1.165) is 28.7 Å². The molecule has 0 saturated carbocycles. The van der Waals surface area contributed by atoms with Crippen LogP contribution in [0.3, 0.4) is 0 Å². The smallest absolute Gasteiger partial charge is 0.257 e. The van der Waals surface area contributed by atoms with E-state index in [9.17, 15) is 9.59 Å². The molecule has 0 spiro atoms. The Morgan fingerprint density at radius 3 is 2.83 bits per heavy atom. The van der Waals surface area contributed by atoms with Gasteiger partial charge in [-0.1, -0.05) is 6.07 Å². The predicted molar refractivity (Wildman–Crippen MR) is 92.7 cm³/mol. The summed E-state index contributed by atoms with van der Waals surface area (Å²) in [5, 5.41) is 2.85. The number of amides is 2. The first kappa shape index (κ1) is 15.7. The molecule has 0 atom stereocenters. The van der Waals surface area contributed by atoms with Crippen molar-refractivity contribution in [2.45, 2.75) is 19.8 Å². The average Bonchev–Trinajstić information content (AvgIpc) is 2.95. The van der Waals surface area contributed by atoms with Crippen molar-refractivity contribution in [3.05, 3.63) is 52.3 Å². The van der Waals surface area contributed by atoms with E-state index in [-0.39, 0.29) is 11.8 Å². The van der Waals surface area contributed by atoms with Crippen molar-refractivity contribution in [2.75, 3.05) is 16.8 Å². The highest BCUT2D eigenvalue weighted by Crippen LogP contribution is 2.28. The minimum atomic E-state index is -0.235. The summed E-state index contributed by atoms with van der Waals surface area (Å²) >= 11 is 3.30. The first-order valence-electron chi connectivity index (χ1n) is 7.37. The molecule has 1 aromatic heterocycles. The number of halogens is 1. The van der Waals surface area contributed by atoms with Gasteiger partial charge < -0.3 is 10.2 Å². The van der Waals surface area contributed by atoms with Crippen LogP contribution in [0.5, 0.6) is 0 Å². The predicted octanol–water partition coefficient (Wildman–Crippen LogP) is 3.53. The minimum absolute atomic E-state index is 0.132. The number of rotatable bonds is 3. The maximum Gasteiger partial charge on any atom is 0.257 e. The largest absolute Gasteiger partial charge is 0.322 e. The van der Waals surface area contributed by atoms with E-state index in [1.165, 1.54) is 6.20 Å². The van der Waals surface area contributed by atoms with Gasteiger partial charge in [0.15, 0.2) is 0 Å². The summed E-state index contributed by atoms with van der Waals surface area (Å²) < 4.78 is 0.748. The van der Waals surface area contributed by atoms with Crippen LogP contribution in [0.1, 0.15) is 28.8 Å². The van der Waals surface area contributed by atoms with E-state index in [1.54, 1.807) is 17.2 Å². The average molecular weight is 374 g/mol. The Morgan fingerprint density at radius 2 is 2.13 bits per heavy atom. The van der Waals surface area contributed by atoms with Crippen LogP contribution >= 0.6 is 15.9 Å². The van der Waals surface area contributed by atoms with E-state index < -0.39 is 0 Å². The van der Waals surface area contributed by atoms with Crippen LogP contribution in [-0.2, 0) is 4.79 Å². The quantitative estimate of drug-likeness (QED) is 0.894. The standard InChI is InChI=1S/C17H16BrN3O2/c1-11-4-5-14(8-15(11)21-6-2-3-16(21)22)20-17(23)12-7-13(18)10-19-9-12/h4-5,7-10H,2-3,6H2,1H3,(H,20,23). The monoisotopic (exact) mass is 373 g/mol. The zero-order valence-corrected chi connectivity index (χ0v) is 14.3. The molecule has 1 aliphatic rings. The van der Waals surface area contributed by atoms with Gasteiger partial charge in [-0.3, -0.25) is 14.6 Å². The number of anilines is 2. The Hall–Kier alpha value is -2.21. The fourth-order valence-corrected chi connectivity index (χ4v) is 2.98. The first-order chi connectivity index (χ1) is 11.0. The number of aromatic nitrogens is 1. The second-order valence-electron chi connectivity index (χ2n) is 5.50. The van der Waals surface area contributed by atoms with E-state index in [2.05, 4.69) is 26.2 Å². The van der Waals surface area contributed by atoms with Crippen LogP contribution in [-0.4, -0.2) is 23.3 Å². The van der Waals surface area contributed by atoms with Gasteiger partial charge in [0.05, 0.1) is 5.56 Å². The highest BCUT2D eigenvalue weighted by molar-refractivity contribution is 9.10. The van der Waals surface area contributed by atoms with E-state index >= 15 is 0 Å². The Balaban J connectivity index is 1.83. The fourth-order valence-electron chi connectivity index (χ4n) is 2.62. The zero-order valence-electron chi connectivity index (χ0n) is 12.7. The van der Waals surface area contributed by atoms with Crippen molar-refractivity contribution in [3.8, 4) is 0 Å². The molecule has 0 aliphatic carbocycles. The number of pyridine rings is 1. The molecule has 0 unspecified atom stereocenters. The molecule has 2 heterocycles. The zero-order chi connectivity index (χ0) is 16.4. The number of nitrogens with one attached hydrogen (secondary N) is 1.